The minimum Gasteiger partial charge on any atom is -0.455 e. The van der Waals surface area contributed by atoms with Crippen LogP contribution in [-0.4, -0.2) is 11.0 Å². The first kappa shape index (κ1) is 13.4. The minimum absolute atomic E-state index is 0.0695. The number of nitrogens with two attached hydrogens (primary N) is 1. The summed E-state index contributed by atoms with van der Waals surface area (Å²) in [5.41, 5.74) is 5.15. The zero-order chi connectivity index (χ0) is 14.0. The number of anilines is 1. The summed E-state index contributed by atoms with van der Waals surface area (Å²) in [5, 5.41) is 2.57. The number of ether oxygens (including phenoxy) is 1. The average molecular weight is 284 g/mol. The van der Waals surface area contributed by atoms with Crippen LogP contribution in [0.25, 0.3) is 0 Å². The fourth-order valence-corrected chi connectivity index (χ4v) is 2.01. The topological polar surface area (TPSA) is 65.2 Å². The molecule has 7 heteroatoms. The van der Waals surface area contributed by atoms with Crippen molar-refractivity contribution in [3.05, 3.63) is 45.4 Å². The van der Waals surface area contributed by atoms with E-state index in [2.05, 4.69) is 4.98 Å². The summed E-state index contributed by atoms with van der Waals surface area (Å²) in [5.74, 6) is -2.83. The maximum atomic E-state index is 13.4. The van der Waals surface area contributed by atoms with E-state index < -0.39 is 23.2 Å². The Morgan fingerprint density at radius 1 is 1.42 bits per heavy atom. The molecular formula is C12H10F2N2O2S. The molecule has 1 aromatic heterocycles. The van der Waals surface area contributed by atoms with E-state index in [9.17, 15) is 13.6 Å². The van der Waals surface area contributed by atoms with E-state index in [-0.39, 0.29) is 12.3 Å². The number of carbonyl (C=O) groups excluding carboxylic acids is 1. The number of aryl methyl sites for hydroxylation is 1. The van der Waals surface area contributed by atoms with Crippen molar-refractivity contribution < 1.29 is 18.3 Å². The number of esters is 1. The Morgan fingerprint density at radius 2 is 2.16 bits per heavy atom. The largest absolute Gasteiger partial charge is 0.455 e. The number of rotatable bonds is 3. The van der Waals surface area contributed by atoms with E-state index in [4.69, 9.17) is 10.5 Å². The Hall–Kier alpha value is -2.02. The number of nitrogens with zero attached hydrogens (tertiary/aromatic N) is 1. The lowest BCUT2D eigenvalue weighted by atomic mass is 10.2. The minimum atomic E-state index is -1.01. The van der Waals surface area contributed by atoms with Crippen LogP contribution in [0.4, 0.5) is 14.5 Å². The molecule has 0 saturated heterocycles. The number of thiazole rings is 1. The molecule has 0 unspecified atom stereocenters. The predicted molar refractivity (Wildman–Crippen MR) is 66.7 cm³/mol. The first-order chi connectivity index (χ1) is 8.97. The monoisotopic (exact) mass is 284 g/mol. The Labute approximate surface area is 111 Å². The van der Waals surface area contributed by atoms with Crippen molar-refractivity contribution in [1.82, 2.24) is 4.98 Å². The molecule has 0 radical (unpaired) electrons. The third-order valence-electron chi connectivity index (χ3n) is 2.32. The van der Waals surface area contributed by atoms with Crippen molar-refractivity contribution in [3.8, 4) is 0 Å². The highest BCUT2D eigenvalue weighted by atomic mass is 32.1. The number of hydrogen-bond donors (Lipinski definition) is 1. The van der Waals surface area contributed by atoms with Gasteiger partial charge < -0.3 is 10.5 Å². The molecule has 1 heterocycles. The smallest absolute Gasteiger partial charge is 0.341 e. The van der Waals surface area contributed by atoms with E-state index in [1.807, 2.05) is 6.92 Å². The summed E-state index contributed by atoms with van der Waals surface area (Å²) in [4.78, 5) is 15.7. The molecule has 0 saturated carbocycles. The molecule has 100 valence electrons. The fourth-order valence-electron chi connectivity index (χ4n) is 1.41. The fraction of sp³-hybridized carbons (Fsp3) is 0.167. The number of aromatic nitrogens is 1. The second kappa shape index (κ2) is 5.31. The molecular weight excluding hydrogens is 274 g/mol. The molecule has 0 fully saturated rings. The standard InChI is InChI=1S/C12H10F2N2O2S/c1-6-16-7(5-19-6)4-18-12(17)8-2-11(15)10(14)3-9(8)13/h2-3,5H,4,15H2,1H3. The maximum absolute atomic E-state index is 13.4. The predicted octanol–water partition coefficient (Wildman–Crippen LogP) is 2.67. The Balaban J connectivity index is 2.10. The summed E-state index contributed by atoms with van der Waals surface area (Å²) in [6.45, 7) is 1.75. The van der Waals surface area contributed by atoms with Crippen molar-refractivity contribution in [3.63, 3.8) is 0 Å². The Kier molecular flexibility index (Phi) is 3.75. The molecule has 2 aromatic rings. The van der Waals surface area contributed by atoms with Gasteiger partial charge in [0, 0.05) is 11.4 Å². The highest BCUT2D eigenvalue weighted by Gasteiger charge is 2.16. The van der Waals surface area contributed by atoms with Crippen molar-refractivity contribution >= 4 is 23.0 Å². The third kappa shape index (κ3) is 3.05. The van der Waals surface area contributed by atoms with Crippen LogP contribution >= 0.6 is 11.3 Å². The van der Waals surface area contributed by atoms with E-state index >= 15 is 0 Å². The lowest BCUT2D eigenvalue weighted by molar-refractivity contribution is 0.0463. The number of nitrogen functional groups attached to an aromatic ring is 1. The van der Waals surface area contributed by atoms with Crippen LogP contribution in [-0.2, 0) is 11.3 Å². The molecule has 0 spiro atoms. The van der Waals surface area contributed by atoms with Crippen molar-refractivity contribution in [2.75, 3.05) is 5.73 Å². The molecule has 0 aliphatic heterocycles. The summed E-state index contributed by atoms with van der Waals surface area (Å²) >= 11 is 1.41. The summed E-state index contributed by atoms with van der Waals surface area (Å²) in [6, 6.07) is 1.47. The van der Waals surface area contributed by atoms with E-state index in [0.717, 1.165) is 11.1 Å². The van der Waals surface area contributed by atoms with Gasteiger partial charge in [0.15, 0.2) is 0 Å². The van der Waals surface area contributed by atoms with Crippen LogP contribution in [0.5, 0.6) is 0 Å². The molecule has 0 amide bonds. The van der Waals surface area contributed by atoms with Crippen LogP contribution in [0, 0.1) is 18.6 Å². The SMILES string of the molecule is Cc1nc(COC(=O)c2cc(N)c(F)cc2F)cs1. The number of hydrogen-bond acceptors (Lipinski definition) is 5. The lowest BCUT2D eigenvalue weighted by Gasteiger charge is -2.05. The van der Waals surface area contributed by atoms with Gasteiger partial charge in [-0.2, -0.15) is 0 Å². The van der Waals surface area contributed by atoms with Crippen molar-refractivity contribution in [2.45, 2.75) is 13.5 Å². The van der Waals surface area contributed by atoms with Gasteiger partial charge in [-0.05, 0) is 13.0 Å². The molecule has 19 heavy (non-hydrogen) atoms. The number of carbonyl (C=O) groups is 1. The quantitative estimate of drug-likeness (QED) is 0.695. The summed E-state index contributed by atoms with van der Waals surface area (Å²) in [7, 11) is 0. The maximum Gasteiger partial charge on any atom is 0.341 e. The van der Waals surface area contributed by atoms with Gasteiger partial charge in [0.05, 0.1) is 22.0 Å². The van der Waals surface area contributed by atoms with Crippen molar-refractivity contribution in [2.24, 2.45) is 0 Å². The lowest BCUT2D eigenvalue weighted by Crippen LogP contribution is -2.09. The van der Waals surface area contributed by atoms with Gasteiger partial charge >= 0.3 is 5.97 Å². The highest BCUT2D eigenvalue weighted by molar-refractivity contribution is 7.09. The van der Waals surface area contributed by atoms with Crippen LogP contribution < -0.4 is 5.73 Å². The zero-order valence-corrected chi connectivity index (χ0v) is 10.8. The zero-order valence-electron chi connectivity index (χ0n) is 9.94. The summed E-state index contributed by atoms with van der Waals surface area (Å²) < 4.78 is 31.2. The average Bonchev–Trinajstić information content (AvgIpc) is 2.77. The van der Waals surface area contributed by atoms with Gasteiger partial charge in [-0.3, -0.25) is 0 Å². The molecule has 0 bridgehead atoms. The van der Waals surface area contributed by atoms with Gasteiger partial charge in [-0.25, -0.2) is 18.6 Å². The first-order valence-corrected chi connectivity index (χ1v) is 6.18. The summed E-state index contributed by atoms with van der Waals surface area (Å²) in [6.07, 6.45) is 0. The first-order valence-electron chi connectivity index (χ1n) is 5.30. The molecule has 0 aliphatic rings. The second-order valence-electron chi connectivity index (χ2n) is 3.79. The van der Waals surface area contributed by atoms with Gasteiger partial charge in [0.25, 0.3) is 0 Å². The normalized spacial score (nSPS) is 10.5. The molecule has 4 nitrogen and oxygen atoms in total. The highest BCUT2D eigenvalue weighted by Crippen LogP contribution is 2.18. The molecule has 0 aliphatic carbocycles. The van der Waals surface area contributed by atoms with E-state index in [1.54, 1.807) is 5.38 Å². The van der Waals surface area contributed by atoms with Crippen LogP contribution in [0.2, 0.25) is 0 Å². The van der Waals surface area contributed by atoms with Gasteiger partial charge in [0.1, 0.15) is 18.2 Å². The molecule has 2 N–H and O–H groups in total. The van der Waals surface area contributed by atoms with Crippen molar-refractivity contribution in [1.29, 1.82) is 0 Å². The molecule has 2 rings (SSSR count). The Morgan fingerprint density at radius 3 is 2.79 bits per heavy atom. The van der Waals surface area contributed by atoms with E-state index in [0.29, 0.717) is 11.8 Å². The van der Waals surface area contributed by atoms with Crippen LogP contribution in [0.3, 0.4) is 0 Å². The van der Waals surface area contributed by atoms with Crippen LogP contribution in [0.1, 0.15) is 21.1 Å². The Bertz CT molecular complexity index is 628. The van der Waals surface area contributed by atoms with Gasteiger partial charge in [0.2, 0.25) is 0 Å². The molecule has 0 atom stereocenters. The number of halogens is 2. The van der Waals surface area contributed by atoms with Gasteiger partial charge in [-0.1, -0.05) is 0 Å². The van der Waals surface area contributed by atoms with Crippen LogP contribution in [0.15, 0.2) is 17.5 Å². The second-order valence-corrected chi connectivity index (χ2v) is 4.85. The van der Waals surface area contributed by atoms with E-state index in [1.165, 1.54) is 11.3 Å². The van der Waals surface area contributed by atoms with Gasteiger partial charge in [-0.15, -0.1) is 11.3 Å². The third-order valence-corrected chi connectivity index (χ3v) is 3.15. The molecule has 1 aromatic carbocycles. The number of benzene rings is 1.